The van der Waals surface area contributed by atoms with Gasteiger partial charge in [-0.25, -0.2) is 9.37 Å². The number of rotatable bonds is 8. The molecule has 3 aromatic rings. The maximum Gasteiger partial charge on any atom is 0.433 e. The van der Waals surface area contributed by atoms with Crippen molar-refractivity contribution in [2.24, 2.45) is 0 Å². The molecule has 35 heavy (non-hydrogen) atoms. The summed E-state index contributed by atoms with van der Waals surface area (Å²) in [5.74, 6) is -0.396. The van der Waals surface area contributed by atoms with Gasteiger partial charge in [-0.05, 0) is 37.3 Å². The molecule has 1 atom stereocenters. The van der Waals surface area contributed by atoms with Gasteiger partial charge in [-0.2, -0.15) is 13.2 Å². The second kappa shape index (κ2) is 9.53. The lowest BCUT2D eigenvalue weighted by Crippen LogP contribution is -2.39. The highest BCUT2D eigenvalue weighted by Crippen LogP contribution is 2.39. The molecule has 2 heterocycles. The topological polar surface area (TPSA) is 99.4 Å². The van der Waals surface area contributed by atoms with Crippen LogP contribution in [0.2, 0.25) is 5.02 Å². The van der Waals surface area contributed by atoms with E-state index in [1.54, 1.807) is 6.08 Å². The molecule has 13 heteroatoms. The van der Waals surface area contributed by atoms with Crippen LogP contribution in [-0.4, -0.2) is 27.7 Å². The fourth-order valence-corrected chi connectivity index (χ4v) is 3.34. The zero-order valence-corrected chi connectivity index (χ0v) is 18.8. The van der Waals surface area contributed by atoms with Crippen molar-refractivity contribution in [2.45, 2.75) is 31.5 Å². The molecule has 2 aromatic heterocycles. The molecule has 1 amide bonds. The molecule has 0 bridgehead atoms. The monoisotopic (exact) mass is 512 g/mol. The minimum absolute atomic E-state index is 0.0481. The highest BCUT2D eigenvalue weighted by atomic mass is 35.5. The smallest absolute Gasteiger partial charge is 0.433 e. The molecule has 0 fully saturated rings. The standard InChI is InChI=1S/C22H17ClF4N4O4/c1-21(7-12(8-21)29-18(32)10-33-13-2-4-15(23)16(24)6-13)20-31-30-19(35-20)11-34-14-3-5-17(28-9-14)22(25,26)27/h2-7,9H,8,10-11H2,1H3,(H,29,32). The van der Waals surface area contributed by atoms with E-state index in [9.17, 15) is 22.4 Å². The van der Waals surface area contributed by atoms with Gasteiger partial charge in [0, 0.05) is 18.2 Å². The Morgan fingerprint density at radius 1 is 1.20 bits per heavy atom. The summed E-state index contributed by atoms with van der Waals surface area (Å²) in [4.78, 5) is 15.4. The first kappa shape index (κ1) is 24.5. The Hall–Kier alpha value is -3.67. The van der Waals surface area contributed by atoms with E-state index in [2.05, 4.69) is 20.5 Å². The van der Waals surface area contributed by atoms with Gasteiger partial charge >= 0.3 is 6.18 Å². The van der Waals surface area contributed by atoms with Crippen molar-refractivity contribution in [2.75, 3.05) is 6.61 Å². The molecule has 4 rings (SSSR count). The van der Waals surface area contributed by atoms with Crippen molar-refractivity contribution in [3.05, 3.63) is 76.6 Å². The van der Waals surface area contributed by atoms with E-state index in [4.69, 9.17) is 25.5 Å². The second-order valence-corrected chi connectivity index (χ2v) is 8.25. The molecule has 1 aromatic carbocycles. The van der Waals surface area contributed by atoms with Gasteiger partial charge in [0.1, 0.15) is 23.0 Å². The molecule has 0 aliphatic heterocycles. The third-order valence-corrected chi connectivity index (χ3v) is 5.26. The van der Waals surface area contributed by atoms with Crippen molar-refractivity contribution < 1.29 is 36.2 Å². The highest BCUT2D eigenvalue weighted by molar-refractivity contribution is 6.30. The van der Waals surface area contributed by atoms with Crippen LogP contribution in [-0.2, 0) is 23.0 Å². The predicted octanol–water partition coefficient (Wildman–Crippen LogP) is 4.60. The number of nitrogens with zero attached hydrogens (tertiary/aromatic N) is 3. The average molecular weight is 513 g/mol. The summed E-state index contributed by atoms with van der Waals surface area (Å²) in [5.41, 5.74) is -1.03. The zero-order chi connectivity index (χ0) is 25.2. The number of allylic oxidation sites excluding steroid dienone is 2. The summed E-state index contributed by atoms with van der Waals surface area (Å²) in [6, 6.07) is 5.81. The number of hydrogen-bond acceptors (Lipinski definition) is 7. The second-order valence-electron chi connectivity index (χ2n) is 7.84. The Labute approximate surface area is 200 Å². The number of nitrogens with one attached hydrogen (secondary N) is 1. The van der Waals surface area contributed by atoms with Crippen LogP contribution in [0.3, 0.4) is 0 Å². The number of pyridine rings is 1. The van der Waals surface area contributed by atoms with Crippen LogP contribution in [0.15, 0.2) is 52.7 Å². The minimum atomic E-state index is -4.53. The Bertz CT molecular complexity index is 1260. The molecule has 1 N–H and O–H groups in total. The van der Waals surface area contributed by atoms with Crippen molar-refractivity contribution in [3.63, 3.8) is 0 Å². The van der Waals surface area contributed by atoms with E-state index in [0.717, 1.165) is 24.4 Å². The Morgan fingerprint density at radius 3 is 2.60 bits per heavy atom. The Kier molecular flexibility index (Phi) is 6.66. The maximum absolute atomic E-state index is 13.4. The SMILES string of the molecule is CC1(c2nnc(COc3ccc(C(F)(F)F)nc3)o2)C=C(NC(=O)COc2ccc(Cl)c(F)c2)C1. The number of alkyl halides is 3. The predicted molar refractivity (Wildman–Crippen MR) is 113 cm³/mol. The van der Waals surface area contributed by atoms with Crippen molar-refractivity contribution in [1.29, 1.82) is 0 Å². The third kappa shape index (κ3) is 5.88. The zero-order valence-electron chi connectivity index (χ0n) is 18.0. The fourth-order valence-electron chi connectivity index (χ4n) is 3.22. The number of carbonyl (C=O) groups is 1. The van der Waals surface area contributed by atoms with Crippen LogP contribution in [0, 0.1) is 5.82 Å². The summed E-state index contributed by atoms with van der Waals surface area (Å²) in [6.07, 6.45) is -1.43. The van der Waals surface area contributed by atoms with Crippen LogP contribution in [0.4, 0.5) is 17.6 Å². The summed E-state index contributed by atoms with van der Waals surface area (Å²) < 4.78 is 67.3. The van der Waals surface area contributed by atoms with E-state index >= 15 is 0 Å². The average Bonchev–Trinajstić information content (AvgIpc) is 3.27. The summed E-state index contributed by atoms with van der Waals surface area (Å²) in [5, 5.41) is 10.5. The number of ether oxygens (including phenoxy) is 2. The molecule has 8 nitrogen and oxygen atoms in total. The van der Waals surface area contributed by atoms with Crippen LogP contribution < -0.4 is 14.8 Å². The number of benzene rings is 1. The molecule has 0 saturated heterocycles. The Balaban J connectivity index is 1.27. The first-order valence-corrected chi connectivity index (χ1v) is 10.5. The largest absolute Gasteiger partial charge is 0.484 e. The quantitative estimate of drug-likeness (QED) is 0.440. The number of hydrogen-bond donors (Lipinski definition) is 1. The highest BCUT2D eigenvalue weighted by Gasteiger charge is 2.39. The number of amides is 1. The first-order valence-electron chi connectivity index (χ1n) is 10.1. The van der Waals surface area contributed by atoms with Gasteiger partial charge in [0.2, 0.25) is 5.89 Å². The van der Waals surface area contributed by atoms with E-state index in [-0.39, 0.29) is 41.5 Å². The van der Waals surface area contributed by atoms with Gasteiger partial charge in [0.15, 0.2) is 13.2 Å². The van der Waals surface area contributed by atoms with Crippen molar-refractivity contribution in [1.82, 2.24) is 20.5 Å². The summed E-state index contributed by atoms with van der Waals surface area (Å²) >= 11 is 5.60. The molecule has 1 aliphatic carbocycles. The van der Waals surface area contributed by atoms with Crippen LogP contribution in [0.5, 0.6) is 11.5 Å². The first-order chi connectivity index (χ1) is 16.5. The normalized spacial score (nSPS) is 17.4. The minimum Gasteiger partial charge on any atom is -0.484 e. The van der Waals surface area contributed by atoms with E-state index in [1.165, 1.54) is 12.1 Å². The lowest BCUT2D eigenvalue weighted by molar-refractivity contribution is -0.141. The summed E-state index contributed by atoms with van der Waals surface area (Å²) in [7, 11) is 0. The molecule has 1 unspecified atom stereocenters. The van der Waals surface area contributed by atoms with Crippen molar-refractivity contribution >= 4 is 17.5 Å². The molecule has 0 saturated carbocycles. The van der Waals surface area contributed by atoms with Crippen LogP contribution in [0.25, 0.3) is 0 Å². The van der Waals surface area contributed by atoms with E-state index in [0.29, 0.717) is 12.1 Å². The molecular formula is C22H17ClF4N4O4. The van der Waals surface area contributed by atoms with Gasteiger partial charge < -0.3 is 19.2 Å². The molecule has 1 aliphatic rings. The summed E-state index contributed by atoms with van der Waals surface area (Å²) in [6.45, 7) is 1.34. The number of halogens is 5. The molecule has 184 valence electrons. The lowest BCUT2D eigenvalue weighted by Gasteiger charge is -2.33. The van der Waals surface area contributed by atoms with Gasteiger partial charge in [0.25, 0.3) is 11.8 Å². The van der Waals surface area contributed by atoms with Gasteiger partial charge in [-0.3, -0.25) is 4.79 Å². The molecular weight excluding hydrogens is 496 g/mol. The van der Waals surface area contributed by atoms with Gasteiger partial charge in [0.05, 0.1) is 16.6 Å². The van der Waals surface area contributed by atoms with Gasteiger partial charge in [-0.1, -0.05) is 11.6 Å². The van der Waals surface area contributed by atoms with Crippen molar-refractivity contribution in [3.8, 4) is 11.5 Å². The van der Waals surface area contributed by atoms with E-state index < -0.39 is 29.0 Å². The number of carbonyl (C=O) groups excluding carboxylic acids is 1. The van der Waals surface area contributed by atoms with E-state index in [1.807, 2.05) is 6.92 Å². The molecule has 0 spiro atoms. The fraction of sp³-hybridized carbons (Fsp3) is 0.273. The lowest BCUT2D eigenvalue weighted by atomic mass is 9.75. The molecule has 0 radical (unpaired) electrons. The third-order valence-electron chi connectivity index (χ3n) is 4.96. The maximum atomic E-state index is 13.4. The number of aromatic nitrogens is 3. The van der Waals surface area contributed by atoms with Crippen LogP contribution >= 0.6 is 11.6 Å². The van der Waals surface area contributed by atoms with Gasteiger partial charge in [-0.15, -0.1) is 10.2 Å². The van der Waals surface area contributed by atoms with Crippen LogP contribution in [0.1, 0.15) is 30.8 Å². The Morgan fingerprint density at radius 2 is 1.94 bits per heavy atom.